The Balaban J connectivity index is 1.29. The highest BCUT2D eigenvalue weighted by Gasteiger charge is 2.21. The summed E-state index contributed by atoms with van der Waals surface area (Å²) in [6.45, 7) is 4.05. The third kappa shape index (κ3) is 7.01. The molecule has 2 N–H and O–H groups in total. The summed E-state index contributed by atoms with van der Waals surface area (Å²) in [5.41, 5.74) is 10.9. The van der Waals surface area contributed by atoms with Gasteiger partial charge in [-0.3, -0.25) is 9.59 Å². The molecule has 0 unspecified atom stereocenters. The van der Waals surface area contributed by atoms with E-state index < -0.39 is 5.82 Å². The molecular formula is C39H38FN3O5. The number of carbonyl (C=O) groups is 1. The van der Waals surface area contributed by atoms with Gasteiger partial charge in [-0.05, 0) is 66.6 Å². The lowest BCUT2D eigenvalue weighted by molar-refractivity contribution is 0.0612. The van der Waals surface area contributed by atoms with Crippen LogP contribution in [0.2, 0.25) is 0 Å². The molecule has 1 saturated heterocycles. The van der Waals surface area contributed by atoms with Crippen LogP contribution in [0, 0.1) is 18.7 Å². The monoisotopic (exact) mass is 647 g/mol. The highest BCUT2D eigenvalue weighted by molar-refractivity contribution is 5.98. The number of Topliss-reactive ketones (excluding diaryl/α,β-unsaturated/α-hetero) is 1. The van der Waals surface area contributed by atoms with Crippen LogP contribution in [0.25, 0.3) is 33.4 Å². The molecule has 0 bridgehead atoms. The van der Waals surface area contributed by atoms with Crippen LogP contribution in [0.5, 0.6) is 11.5 Å². The molecule has 8 nitrogen and oxygen atoms in total. The molecule has 9 heteroatoms. The minimum Gasteiger partial charge on any atom is -0.493 e. The number of nitrogens with two attached hydrogens (primary N) is 1. The summed E-state index contributed by atoms with van der Waals surface area (Å²) in [5.74, 6) is 0.750. The lowest BCUT2D eigenvalue weighted by atomic mass is 9.96. The number of methoxy groups -OCH3 is 2. The van der Waals surface area contributed by atoms with Crippen LogP contribution in [-0.4, -0.2) is 42.8 Å². The third-order valence-electron chi connectivity index (χ3n) is 8.88. The maximum atomic E-state index is 15.7. The molecule has 48 heavy (non-hydrogen) atoms. The summed E-state index contributed by atoms with van der Waals surface area (Å²) in [6.07, 6.45) is 6.79. The maximum Gasteiger partial charge on any atom is 0.200 e. The predicted molar refractivity (Wildman–Crippen MR) is 185 cm³/mol. The number of anilines is 1. The minimum absolute atomic E-state index is 0.0840. The van der Waals surface area contributed by atoms with Crippen molar-refractivity contribution < 1.29 is 23.4 Å². The highest BCUT2D eigenvalue weighted by atomic mass is 19.1. The van der Waals surface area contributed by atoms with E-state index in [0.717, 1.165) is 29.5 Å². The number of nitrogens with zero attached hydrogens (tertiary/aromatic N) is 2. The Morgan fingerprint density at radius 1 is 0.896 bits per heavy atom. The van der Waals surface area contributed by atoms with E-state index in [1.165, 1.54) is 6.07 Å². The summed E-state index contributed by atoms with van der Waals surface area (Å²) in [7, 11) is 3.12. The normalized spacial score (nSPS) is 13.3. The Morgan fingerprint density at radius 3 is 2.33 bits per heavy atom. The maximum absolute atomic E-state index is 15.7. The van der Waals surface area contributed by atoms with Gasteiger partial charge < -0.3 is 24.5 Å². The van der Waals surface area contributed by atoms with E-state index in [0.29, 0.717) is 59.4 Å². The van der Waals surface area contributed by atoms with Crippen molar-refractivity contribution in [3.05, 3.63) is 118 Å². The number of pyridine rings is 2. The van der Waals surface area contributed by atoms with Crippen molar-refractivity contribution in [1.29, 1.82) is 0 Å². The summed E-state index contributed by atoms with van der Waals surface area (Å²) >= 11 is 0. The average Bonchev–Trinajstić information content (AvgIpc) is 3.10. The number of ketones is 1. The van der Waals surface area contributed by atoms with Gasteiger partial charge in [0.15, 0.2) is 22.7 Å². The molecule has 5 aromatic rings. The van der Waals surface area contributed by atoms with Crippen molar-refractivity contribution >= 4 is 11.6 Å². The van der Waals surface area contributed by atoms with Gasteiger partial charge in [0.25, 0.3) is 0 Å². The van der Waals surface area contributed by atoms with E-state index in [1.54, 1.807) is 50.9 Å². The van der Waals surface area contributed by atoms with Crippen LogP contribution in [0.1, 0.15) is 34.3 Å². The smallest absolute Gasteiger partial charge is 0.200 e. The standard InChI is InChI=1S/C39H38FN3O5/c1-24-4-7-27(8-5-24)32-22-43(21-25-12-14-48-15-13-25)23-33(38(32)45)35(44)17-26-6-10-30(34(40)16-26)31-18-29(20-42-39(31)41)28-9-11-36(46-2)37(19-28)47-3/h4-11,16,18-20,22-23,25H,12-15,17,21H2,1-3H3,(H2,41,42). The van der Waals surface area contributed by atoms with Crippen LogP contribution in [0.4, 0.5) is 10.2 Å². The van der Waals surface area contributed by atoms with E-state index in [4.69, 9.17) is 19.9 Å². The van der Waals surface area contributed by atoms with Gasteiger partial charge in [-0.2, -0.15) is 0 Å². The van der Waals surface area contributed by atoms with Gasteiger partial charge in [0.2, 0.25) is 0 Å². The van der Waals surface area contributed by atoms with Gasteiger partial charge >= 0.3 is 0 Å². The lowest BCUT2D eigenvalue weighted by Crippen LogP contribution is -2.25. The Bertz CT molecular complexity index is 2020. The molecule has 3 heterocycles. The molecule has 0 atom stereocenters. The zero-order chi connectivity index (χ0) is 33.8. The molecule has 0 spiro atoms. The largest absolute Gasteiger partial charge is 0.493 e. The van der Waals surface area contributed by atoms with E-state index >= 15 is 4.39 Å². The molecule has 0 amide bonds. The van der Waals surface area contributed by atoms with E-state index in [2.05, 4.69) is 4.98 Å². The van der Waals surface area contributed by atoms with Crippen LogP contribution >= 0.6 is 0 Å². The van der Waals surface area contributed by atoms with Crippen LogP contribution < -0.4 is 20.6 Å². The van der Waals surface area contributed by atoms with E-state index in [9.17, 15) is 9.59 Å². The highest BCUT2D eigenvalue weighted by Crippen LogP contribution is 2.36. The predicted octanol–water partition coefficient (Wildman–Crippen LogP) is 7.14. The fraction of sp³-hybridized carbons (Fsp3) is 0.256. The number of aromatic nitrogens is 2. The Morgan fingerprint density at radius 2 is 1.62 bits per heavy atom. The zero-order valence-corrected chi connectivity index (χ0v) is 27.3. The van der Waals surface area contributed by atoms with Crippen LogP contribution in [0.3, 0.4) is 0 Å². The molecule has 1 aliphatic rings. The van der Waals surface area contributed by atoms with E-state index in [1.807, 2.05) is 54.1 Å². The van der Waals surface area contributed by atoms with Gasteiger partial charge in [0.05, 0.1) is 19.8 Å². The number of nitrogen functional groups attached to an aromatic ring is 1. The van der Waals surface area contributed by atoms with Gasteiger partial charge in [-0.15, -0.1) is 0 Å². The topological polar surface area (TPSA) is 106 Å². The summed E-state index contributed by atoms with van der Waals surface area (Å²) in [5, 5.41) is 0. The molecule has 0 aliphatic carbocycles. The molecule has 0 saturated carbocycles. The molecule has 0 radical (unpaired) electrons. The fourth-order valence-corrected chi connectivity index (χ4v) is 6.13. The second kappa shape index (κ2) is 14.2. The number of ether oxygens (including phenoxy) is 3. The number of hydrogen-bond acceptors (Lipinski definition) is 7. The first kappa shape index (κ1) is 32.7. The SMILES string of the molecule is COc1ccc(-c2cnc(N)c(-c3ccc(CC(=O)c4cn(CC5CCOCC5)cc(-c5ccc(C)cc5)c4=O)cc3F)c2)cc1OC. The molecule has 1 aliphatic heterocycles. The van der Waals surface area contributed by atoms with Crippen molar-refractivity contribution in [3.63, 3.8) is 0 Å². The quantitative estimate of drug-likeness (QED) is 0.161. The average molecular weight is 648 g/mol. The first-order valence-electron chi connectivity index (χ1n) is 15.9. The van der Waals surface area contributed by atoms with Crippen LogP contribution in [0.15, 0.2) is 90.1 Å². The first-order chi connectivity index (χ1) is 23.2. The summed E-state index contributed by atoms with van der Waals surface area (Å²) in [6, 6.07) is 19.5. The number of hydrogen-bond donors (Lipinski definition) is 1. The molecule has 2 aromatic heterocycles. The van der Waals surface area contributed by atoms with Gasteiger partial charge in [0, 0.05) is 67.0 Å². The Hall–Kier alpha value is -5.28. The van der Waals surface area contributed by atoms with Crippen molar-refractivity contribution in [1.82, 2.24) is 9.55 Å². The van der Waals surface area contributed by atoms with Gasteiger partial charge in [0.1, 0.15) is 11.6 Å². The Labute approximate surface area is 278 Å². The number of carbonyl (C=O) groups excluding carboxylic acids is 1. The number of aryl methyl sites for hydroxylation is 1. The van der Waals surface area contributed by atoms with Crippen molar-refractivity contribution in [2.24, 2.45) is 5.92 Å². The number of halogens is 1. The van der Waals surface area contributed by atoms with Gasteiger partial charge in [-0.25, -0.2) is 9.37 Å². The van der Waals surface area contributed by atoms with Crippen LogP contribution in [-0.2, 0) is 17.7 Å². The van der Waals surface area contributed by atoms with Crippen molar-refractivity contribution in [2.75, 3.05) is 33.2 Å². The molecular weight excluding hydrogens is 609 g/mol. The molecule has 3 aromatic carbocycles. The zero-order valence-electron chi connectivity index (χ0n) is 27.3. The van der Waals surface area contributed by atoms with Crippen molar-refractivity contribution in [3.8, 4) is 44.9 Å². The fourth-order valence-electron chi connectivity index (χ4n) is 6.13. The molecule has 6 rings (SSSR count). The first-order valence-corrected chi connectivity index (χ1v) is 15.9. The Kier molecular flexibility index (Phi) is 9.68. The molecule has 246 valence electrons. The van der Waals surface area contributed by atoms with Gasteiger partial charge in [-0.1, -0.05) is 48.0 Å². The summed E-state index contributed by atoms with van der Waals surface area (Å²) in [4.78, 5) is 31.8. The second-order valence-corrected chi connectivity index (χ2v) is 12.2. The van der Waals surface area contributed by atoms with Crippen molar-refractivity contribution in [2.45, 2.75) is 32.7 Å². The summed E-state index contributed by atoms with van der Waals surface area (Å²) < 4.78 is 34.0. The lowest BCUT2D eigenvalue weighted by Gasteiger charge is -2.23. The number of benzene rings is 3. The number of rotatable bonds is 10. The minimum atomic E-state index is -0.552. The third-order valence-corrected chi connectivity index (χ3v) is 8.88. The van der Waals surface area contributed by atoms with E-state index in [-0.39, 0.29) is 34.6 Å². The molecule has 1 fully saturated rings. The second-order valence-electron chi connectivity index (χ2n) is 12.2.